The van der Waals surface area contributed by atoms with Crippen LogP contribution in [0.15, 0.2) is 24.3 Å². The minimum absolute atomic E-state index is 0.0325. The van der Waals surface area contributed by atoms with E-state index in [0.717, 1.165) is 4.31 Å². The van der Waals surface area contributed by atoms with Crippen molar-refractivity contribution in [3.05, 3.63) is 34.9 Å². The first-order valence-electron chi connectivity index (χ1n) is 5.03. The largest absolute Gasteiger partial charge is 0.215 e. The summed E-state index contributed by atoms with van der Waals surface area (Å²) in [7, 11) is -1.99. The van der Waals surface area contributed by atoms with Crippen LogP contribution in [-0.2, 0) is 10.0 Å². The van der Waals surface area contributed by atoms with Crippen LogP contribution in [0.5, 0.6) is 0 Å². The summed E-state index contributed by atoms with van der Waals surface area (Å²) >= 11 is 5.74. The molecule has 0 radical (unpaired) electrons. The quantitative estimate of drug-likeness (QED) is 0.844. The zero-order chi connectivity index (χ0) is 13.1. The van der Waals surface area contributed by atoms with Crippen molar-refractivity contribution in [3.8, 4) is 6.07 Å². The number of halogens is 1. The second kappa shape index (κ2) is 5.50. The molecule has 6 heteroatoms. The fourth-order valence-corrected chi connectivity index (χ4v) is 2.40. The van der Waals surface area contributed by atoms with Crippen LogP contribution in [0.3, 0.4) is 0 Å². The second-order valence-corrected chi connectivity index (χ2v) is 6.25. The van der Waals surface area contributed by atoms with Crippen LogP contribution < -0.4 is 0 Å². The Kier molecular flexibility index (Phi) is 4.52. The fourth-order valence-electron chi connectivity index (χ4n) is 1.38. The summed E-state index contributed by atoms with van der Waals surface area (Å²) in [6.45, 7) is 1.54. The van der Waals surface area contributed by atoms with Gasteiger partial charge in [-0.3, -0.25) is 0 Å². The molecule has 0 bridgehead atoms. The zero-order valence-corrected chi connectivity index (χ0v) is 11.2. The Morgan fingerprint density at radius 1 is 1.41 bits per heavy atom. The van der Waals surface area contributed by atoms with Crippen molar-refractivity contribution in [1.82, 2.24) is 4.31 Å². The molecule has 1 rings (SSSR count). The van der Waals surface area contributed by atoms with Crippen LogP contribution in [0.2, 0.25) is 5.02 Å². The molecule has 0 spiro atoms. The van der Waals surface area contributed by atoms with Gasteiger partial charge in [0.2, 0.25) is 10.0 Å². The summed E-state index contributed by atoms with van der Waals surface area (Å²) in [6.07, 6.45) is 0. The SMILES string of the molecule is CCS(=O)(=O)N(C)C(C#N)c1ccc(Cl)cc1. The zero-order valence-electron chi connectivity index (χ0n) is 9.59. The van der Waals surface area contributed by atoms with Crippen LogP contribution in [0.4, 0.5) is 0 Å². The van der Waals surface area contributed by atoms with E-state index in [1.54, 1.807) is 31.2 Å². The average molecular weight is 273 g/mol. The molecule has 0 aliphatic rings. The number of rotatable bonds is 4. The lowest BCUT2D eigenvalue weighted by atomic mass is 10.1. The van der Waals surface area contributed by atoms with E-state index >= 15 is 0 Å². The van der Waals surface area contributed by atoms with Crippen molar-refractivity contribution < 1.29 is 8.42 Å². The van der Waals surface area contributed by atoms with Crippen molar-refractivity contribution >= 4 is 21.6 Å². The summed E-state index contributed by atoms with van der Waals surface area (Å²) in [5.41, 5.74) is 0.608. The van der Waals surface area contributed by atoms with Crippen molar-refractivity contribution in [2.45, 2.75) is 13.0 Å². The molecule has 1 aromatic carbocycles. The monoisotopic (exact) mass is 272 g/mol. The molecule has 0 aliphatic carbocycles. The van der Waals surface area contributed by atoms with Crippen LogP contribution in [0.1, 0.15) is 18.5 Å². The Hall–Kier alpha value is -1.09. The molecule has 0 aliphatic heterocycles. The van der Waals surface area contributed by atoms with Crippen molar-refractivity contribution in [1.29, 1.82) is 5.26 Å². The van der Waals surface area contributed by atoms with Gasteiger partial charge < -0.3 is 0 Å². The van der Waals surface area contributed by atoms with E-state index in [2.05, 4.69) is 0 Å². The molecule has 0 heterocycles. The van der Waals surface area contributed by atoms with Crippen LogP contribution in [0.25, 0.3) is 0 Å². The Bertz CT molecular complexity index is 519. The second-order valence-electron chi connectivity index (χ2n) is 3.50. The predicted molar refractivity (Wildman–Crippen MR) is 67.0 cm³/mol. The molecule has 0 saturated carbocycles. The molecule has 1 unspecified atom stereocenters. The van der Waals surface area contributed by atoms with Crippen molar-refractivity contribution in [2.24, 2.45) is 0 Å². The minimum atomic E-state index is -3.39. The maximum atomic E-state index is 11.7. The van der Waals surface area contributed by atoms with Crippen LogP contribution >= 0.6 is 11.6 Å². The summed E-state index contributed by atoms with van der Waals surface area (Å²) in [6, 6.07) is 7.73. The smallest absolute Gasteiger partial charge is 0.212 e. The molecule has 92 valence electrons. The van der Waals surface area contributed by atoms with Gasteiger partial charge in [-0.1, -0.05) is 23.7 Å². The lowest BCUT2D eigenvalue weighted by Crippen LogP contribution is -2.31. The maximum absolute atomic E-state index is 11.7. The first-order valence-corrected chi connectivity index (χ1v) is 7.02. The highest BCUT2D eigenvalue weighted by molar-refractivity contribution is 7.89. The number of benzene rings is 1. The molecule has 4 nitrogen and oxygen atoms in total. The van der Waals surface area contributed by atoms with Gasteiger partial charge in [-0.2, -0.15) is 9.57 Å². The van der Waals surface area contributed by atoms with Gasteiger partial charge in [0.25, 0.3) is 0 Å². The highest BCUT2D eigenvalue weighted by Crippen LogP contribution is 2.23. The lowest BCUT2D eigenvalue weighted by molar-refractivity contribution is 0.433. The summed E-state index contributed by atoms with van der Waals surface area (Å²) in [5.74, 6) is -0.0325. The Balaban J connectivity index is 3.10. The molecular weight excluding hydrogens is 260 g/mol. The maximum Gasteiger partial charge on any atom is 0.215 e. The molecule has 0 saturated heterocycles. The van der Waals surface area contributed by atoms with Crippen LogP contribution in [-0.4, -0.2) is 25.5 Å². The Morgan fingerprint density at radius 3 is 2.35 bits per heavy atom. The molecule has 0 aromatic heterocycles. The molecule has 17 heavy (non-hydrogen) atoms. The fraction of sp³-hybridized carbons (Fsp3) is 0.364. The van der Waals surface area contributed by atoms with Gasteiger partial charge in [0.05, 0.1) is 11.8 Å². The third-order valence-corrected chi connectivity index (χ3v) is 4.55. The van der Waals surface area contributed by atoms with Gasteiger partial charge in [0.1, 0.15) is 6.04 Å². The number of nitriles is 1. The van der Waals surface area contributed by atoms with Gasteiger partial charge in [0, 0.05) is 12.1 Å². The number of nitrogens with zero attached hydrogens (tertiary/aromatic N) is 2. The molecule has 0 amide bonds. The molecule has 0 fully saturated rings. The third kappa shape index (κ3) is 3.19. The highest BCUT2D eigenvalue weighted by atomic mass is 35.5. The molecule has 1 aromatic rings. The summed E-state index contributed by atoms with van der Waals surface area (Å²) in [4.78, 5) is 0. The topological polar surface area (TPSA) is 61.2 Å². The number of hydrogen-bond acceptors (Lipinski definition) is 3. The van der Waals surface area contributed by atoms with E-state index in [9.17, 15) is 8.42 Å². The first kappa shape index (κ1) is 14.0. The Morgan fingerprint density at radius 2 is 1.94 bits per heavy atom. The summed E-state index contributed by atoms with van der Waals surface area (Å²) < 4.78 is 24.5. The van der Waals surface area contributed by atoms with E-state index in [1.807, 2.05) is 6.07 Å². The van der Waals surface area contributed by atoms with Gasteiger partial charge in [-0.25, -0.2) is 8.42 Å². The standard InChI is InChI=1S/C11H13ClN2O2S/c1-3-17(15,16)14(2)11(8-13)9-4-6-10(12)7-5-9/h4-7,11H,3H2,1-2H3. The van der Waals surface area contributed by atoms with E-state index < -0.39 is 16.1 Å². The van der Waals surface area contributed by atoms with Crippen LogP contribution in [0, 0.1) is 11.3 Å². The molecule has 1 atom stereocenters. The Labute approximate surface area is 106 Å². The first-order chi connectivity index (χ1) is 7.92. The van der Waals surface area contributed by atoms with Gasteiger partial charge in [-0.05, 0) is 24.6 Å². The van der Waals surface area contributed by atoms with Gasteiger partial charge >= 0.3 is 0 Å². The van der Waals surface area contributed by atoms with Gasteiger partial charge in [0.15, 0.2) is 0 Å². The van der Waals surface area contributed by atoms with E-state index in [1.165, 1.54) is 7.05 Å². The normalized spacial score (nSPS) is 13.4. The van der Waals surface area contributed by atoms with Gasteiger partial charge in [-0.15, -0.1) is 0 Å². The number of hydrogen-bond donors (Lipinski definition) is 0. The minimum Gasteiger partial charge on any atom is -0.212 e. The average Bonchev–Trinajstić information content (AvgIpc) is 2.32. The van der Waals surface area contributed by atoms with Crippen molar-refractivity contribution in [2.75, 3.05) is 12.8 Å². The summed E-state index contributed by atoms with van der Waals surface area (Å²) in [5, 5.41) is 9.64. The molecular formula is C11H13ClN2O2S. The predicted octanol–water partition coefficient (Wildman–Crippen LogP) is 2.19. The van der Waals surface area contributed by atoms with E-state index in [4.69, 9.17) is 16.9 Å². The third-order valence-electron chi connectivity index (χ3n) is 2.48. The van der Waals surface area contributed by atoms with Crippen molar-refractivity contribution in [3.63, 3.8) is 0 Å². The lowest BCUT2D eigenvalue weighted by Gasteiger charge is -2.21. The van der Waals surface area contributed by atoms with E-state index in [0.29, 0.717) is 10.6 Å². The van der Waals surface area contributed by atoms with E-state index in [-0.39, 0.29) is 5.75 Å². The molecule has 0 N–H and O–H groups in total. The highest BCUT2D eigenvalue weighted by Gasteiger charge is 2.25. The number of sulfonamides is 1.